The molecule has 1 saturated carbocycles. The second-order valence-electron chi connectivity index (χ2n) is 4.24. The van der Waals surface area contributed by atoms with Crippen LogP contribution in [0, 0.1) is 5.92 Å². The third-order valence-electron chi connectivity index (χ3n) is 3.13. The molecule has 2 heteroatoms. The molecular weight excluding hydrogens is 150 g/mol. The van der Waals surface area contributed by atoms with E-state index in [-0.39, 0.29) is 0 Å². The zero-order chi connectivity index (χ0) is 9.14. The molecule has 1 unspecified atom stereocenters. The Bertz CT molecular complexity index is 132. The van der Waals surface area contributed by atoms with E-state index in [2.05, 4.69) is 25.8 Å². The van der Waals surface area contributed by atoms with E-state index in [1.165, 1.54) is 19.3 Å². The first-order valence-corrected chi connectivity index (χ1v) is 4.99. The maximum Gasteiger partial charge on any atom is 0.0589 e. The molecule has 0 aromatic carbocycles. The van der Waals surface area contributed by atoms with Gasteiger partial charge in [-0.3, -0.25) is 4.90 Å². The maximum atomic E-state index is 9.19. The van der Waals surface area contributed by atoms with Crippen LogP contribution in [0.5, 0.6) is 0 Å². The third kappa shape index (κ3) is 1.99. The molecule has 1 fully saturated rings. The summed E-state index contributed by atoms with van der Waals surface area (Å²) >= 11 is 0. The number of likely N-dealkylation sites (N-methyl/N-ethyl adjacent to an activating group) is 1. The summed E-state index contributed by atoms with van der Waals surface area (Å²) in [5.41, 5.74) is 0. The van der Waals surface area contributed by atoms with Crippen LogP contribution >= 0.6 is 0 Å². The maximum absolute atomic E-state index is 9.19. The van der Waals surface area contributed by atoms with Gasteiger partial charge in [-0.2, -0.15) is 0 Å². The molecule has 0 aliphatic heterocycles. The average Bonchev–Trinajstić information content (AvgIpc) is 1.83. The molecular formula is C10H21NO. The molecule has 2 nitrogen and oxygen atoms in total. The number of rotatable bonds is 4. The molecule has 1 N–H and O–H groups in total. The van der Waals surface area contributed by atoms with Gasteiger partial charge in [-0.1, -0.05) is 20.3 Å². The van der Waals surface area contributed by atoms with Gasteiger partial charge in [0.15, 0.2) is 0 Å². The molecule has 0 aromatic rings. The molecule has 1 aliphatic carbocycles. The Balaban J connectivity index is 2.40. The minimum Gasteiger partial charge on any atom is -0.395 e. The lowest BCUT2D eigenvalue weighted by molar-refractivity contribution is 0.0470. The molecule has 1 atom stereocenters. The van der Waals surface area contributed by atoms with Crippen molar-refractivity contribution in [2.75, 3.05) is 13.7 Å². The van der Waals surface area contributed by atoms with Gasteiger partial charge in [0.25, 0.3) is 0 Å². The molecule has 0 aromatic heterocycles. The lowest BCUT2D eigenvalue weighted by Gasteiger charge is -2.41. The molecule has 72 valence electrons. The van der Waals surface area contributed by atoms with Crippen molar-refractivity contribution in [2.24, 2.45) is 5.92 Å². The average molecular weight is 171 g/mol. The van der Waals surface area contributed by atoms with Crippen molar-refractivity contribution in [2.45, 2.75) is 45.2 Å². The van der Waals surface area contributed by atoms with Crippen LogP contribution in [-0.4, -0.2) is 35.7 Å². The summed E-state index contributed by atoms with van der Waals surface area (Å²) in [6.07, 6.45) is 4.00. The standard InChI is InChI=1S/C10H21NO/c1-8(2)10(7-12)11(3)9-5-4-6-9/h8-10,12H,4-7H2,1-3H3. The zero-order valence-electron chi connectivity index (χ0n) is 8.45. The Morgan fingerprint density at radius 1 is 1.42 bits per heavy atom. The minimum absolute atomic E-state index is 0.296. The summed E-state index contributed by atoms with van der Waals surface area (Å²) < 4.78 is 0. The molecule has 0 spiro atoms. The first-order valence-electron chi connectivity index (χ1n) is 4.99. The molecule has 1 aliphatic rings. The van der Waals surface area contributed by atoms with Gasteiger partial charge in [0.1, 0.15) is 0 Å². The fraction of sp³-hybridized carbons (Fsp3) is 1.00. The van der Waals surface area contributed by atoms with Gasteiger partial charge in [0, 0.05) is 12.1 Å². The molecule has 0 amide bonds. The summed E-state index contributed by atoms with van der Waals surface area (Å²) in [5.74, 6) is 0.556. The van der Waals surface area contributed by atoms with Crippen LogP contribution in [-0.2, 0) is 0 Å². The van der Waals surface area contributed by atoms with Crippen LogP contribution < -0.4 is 0 Å². The topological polar surface area (TPSA) is 23.5 Å². The lowest BCUT2D eigenvalue weighted by Crippen LogP contribution is -2.47. The second-order valence-corrected chi connectivity index (χ2v) is 4.24. The monoisotopic (exact) mass is 171 g/mol. The van der Waals surface area contributed by atoms with Crippen LogP contribution in [0.2, 0.25) is 0 Å². The summed E-state index contributed by atoms with van der Waals surface area (Å²) in [6, 6.07) is 1.10. The fourth-order valence-electron chi connectivity index (χ4n) is 1.87. The van der Waals surface area contributed by atoms with Crippen LogP contribution in [0.3, 0.4) is 0 Å². The van der Waals surface area contributed by atoms with Crippen LogP contribution in [0.1, 0.15) is 33.1 Å². The number of hydrogen-bond donors (Lipinski definition) is 1. The van der Waals surface area contributed by atoms with E-state index < -0.39 is 0 Å². The van der Waals surface area contributed by atoms with E-state index in [4.69, 9.17) is 0 Å². The number of hydrogen-bond acceptors (Lipinski definition) is 2. The number of aliphatic hydroxyl groups is 1. The Hall–Kier alpha value is -0.0800. The summed E-state index contributed by atoms with van der Waals surface area (Å²) in [6.45, 7) is 4.65. The molecule has 0 heterocycles. The van der Waals surface area contributed by atoms with Gasteiger partial charge >= 0.3 is 0 Å². The van der Waals surface area contributed by atoms with Crippen molar-refractivity contribution in [1.29, 1.82) is 0 Å². The Morgan fingerprint density at radius 2 is 2.00 bits per heavy atom. The summed E-state index contributed by atoms with van der Waals surface area (Å²) in [7, 11) is 2.14. The lowest BCUT2D eigenvalue weighted by atomic mass is 9.89. The van der Waals surface area contributed by atoms with Gasteiger partial charge < -0.3 is 5.11 Å². The molecule has 1 rings (SSSR count). The number of nitrogens with zero attached hydrogens (tertiary/aromatic N) is 1. The predicted molar refractivity (Wildman–Crippen MR) is 51.1 cm³/mol. The van der Waals surface area contributed by atoms with Crippen LogP contribution in [0.4, 0.5) is 0 Å². The minimum atomic E-state index is 0.296. The second kappa shape index (κ2) is 4.24. The third-order valence-corrected chi connectivity index (χ3v) is 3.13. The highest BCUT2D eigenvalue weighted by molar-refractivity contribution is 4.83. The predicted octanol–water partition coefficient (Wildman–Crippen LogP) is 1.49. The number of aliphatic hydroxyl groups excluding tert-OH is 1. The first kappa shape index (κ1) is 10.0. The van der Waals surface area contributed by atoms with Gasteiger partial charge in [0.05, 0.1) is 6.61 Å². The van der Waals surface area contributed by atoms with Gasteiger partial charge in [-0.05, 0) is 25.8 Å². The van der Waals surface area contributed by atoms with E-state index in [0.717, 1.165) is 6.04 Å². The van der Waals surface area contributed by atoms with E-state index in [9.17, 15) is 5.11 Å². The van der Waals surface area contributed by atoms with Gasteiger partial charge in [-0.15, -0.1) is 0 Å². The van der Waals surface area contributed by atoms with E-state index >= 15 is 0 Å². The van der Waals surface area contributed by atoms with Crippen molar-refractivity contribution in [1.82, 2.24) is 4.90 Å². The van der Waals surface area contributed by atoms with Crippen molar-refractivity contribution in [3.05, 3.63) is 0 Å². The Labute approximate surface area is 75.6 Å². The summed E-state index contributed by atoms with van der Waals surface area (Å²) in [5, 5.41) is 9.19. The Kier molecular flexibility index (Phi) is 3.53. The first-order chi connectivity index (χ1) is 5.66. The zero-order valence-corrected chi connectivity index (χ0v) is 8.45. The smallest absolute Gasteiger partial charge is 0.0589 e. The van der Waals surface area contributed by atoms with Crippen molar-refractivity contribution < 1.29 is 5.11 Å². The van der Waals surface area contributed by atoms with Crippen molar-refractivity contribution in [3.63, 3.8) is 0 Å². The van der Waals surface area contributed by atoms with Crippen molar-refractivity contribution >= 4 is 0 Å². The molecule has 12 heavy (non-hydrogen) atoms. The largest absolute Gasteiger partial charge is 0.395 e. The highest BCUT2D eigenvalue weighted by atomic mass is 16.3. The highest BCUT2D eigenvalue weighted by Crippen LogP contribution is 2.26. The highest BCUT2D eigenvalue weighted by Gasteiger charge is 2.28. The van der Waals surface area contributed by atoms with E-state index in [1.54, 1.807) is 0 Å². The van der Waals surface area contributed by atoms with Crippen LogP contribution in [0.25, 0.3) is 0 Å². The molecule has 0 radical (unpaired) electrons. The molecule has 0 bridgehead atoms. The van der Waals surface area contributed by atoms with Crippen LogP contribution in [0.15, 0.2) is 0 Å². The van der Waals surface area contributed by atoms with Gasteiger partial charge in [0.2, 0.25) is 0 Å². The van der Waals surface area contributed by atoms with Gasteiger partial charge in [-0.25, -0.2) is 0 Å². The fourth-order valence-corrected chi connectivity index (χ4v) is 1.87. The summed E-state index contributed by atoms with van der Waals surface area (Å²) in [4.78, 5) is 2.36. The normalized spacial score (nSPS) is 21.5. The van der Waals surface area contributed by atoms with E-state index in [0.29, 0.717) is 18.6 Å². The quantitative estimate of drug-likeness (QED) is 0.692. The van der Waals surface area contributed by atoms with Crippen molar-refractivity contribution in [3.8, 4) is 0 Å². The van der Waals surface area contributed by atoms with E-state index in [1.807, 2.05) is 0 Å². The SMILES string of the molecule is CC(C)C(CO)N(C)C1CCC1. The molecule has 0 saturated heterocycles. The Morgan fingerprint density at radius 3 is 2.25 bits per heavy atom.